The van der Waals surface area contributed by atoms with Crippen LogP contribution >= 0.6 is 0 Å². The van der Waals surface area contributed by atoms with Gasteiger partial charge in [0, 0.05) is 0 Å². The number of benzene rings is 2. The monoisotopic (exact) mass is 291 g/mol. The maximum Gasteiger partial charge on any atom is 0.240 e. The van der Waals surface area contributed by atoms with E-state index in [0.29, 0.717) is 23.5 Å². The number of aliphatic imine (C=N–C) groups is 3. The van der Waals surface area contributed by atoms with Gasteiger partial charge in [-0.05, 0) is 41.8 Å². The zero-order valence-corrected chi connectivity index (χ0v) is 11.3. The van der Waals surface area contributed by atoms with Crippen molar-refractivity contribution in [3.8, 4) is 0 Å². The molecule has 0 aliphatic rings. The maximum atomic E-state index is 10.4. The summed E-state index contributed by atoms with van der Waals surface area (Å²) < 4.78 is 0. The third-order valence-electron chi connectivity index (χ3n) is 2.86. The van der Waals surface area contributed by atoms with E-state index in [0.717, 1.165) is 11.1 Å². The van der Waals surface area contributed by atoms with Crippen molar-refractivity contribution in [2.24, 2.45) is 15.0 Å². The predicted octanol–water partition coefficient (Wildman–Crippen LogP) is 3.18. The fourth-order valence-electron chi connectivity index (χ4n) is 2.03. The molecule has 2 aromatic rings. The summed E-state index contributed by atoms with van der Waals surface area (Å²) in [6, 6.07) is 11.9. The van der Waals surface area contributed by atoms with E-state index in [1.807, 2.05) is 12.1 Å². The third-order valence-corrected chi connectivity index (χ3v) is 2.86. The first-order valence-electron chi connectivity index (χ1n) is 6.22. The van der Waals surface area contributed by atoms with Crippen LogP contribution in [0.5, 0.6) is 0 Å². The van der Waals surface area contributed by atoms with Crippen LogP contribution in [0.4, 0.5) is 17.1 Å². The van der Waals surface area contributed by atoms with Crippen LogP contribution in [0.15, 0.2) is 57.4 Å². The van der Waals surface area contributed by atoms with Gasteiger partial charge in [0.25, 0.3) is 0 Å². The van der Waals surface area contributed by atoms with E-state index in [-0.39, 0.29) is 0 Å². The molecule has 0 unspecified atom stereocenters. The molecule has 0 saturated heterocycles. The highest BCUT2D eigenvalue weighted by Crippen LogP contribution is 2.27. The lowest BCUT2D eigenvalue weighted by Crippen LogP contribution is -1.89. The summed E-state index contributed by atoms with van der Waals surface area (Å²) in [5, 5.41) is 0. The number of rotatable bonds is 5. The smallest absolute Gasteiger partial charge is 0.211 e. The van der Waals surface area contributed by atoms with Gasteiger partial charge in [-0.1, -0.05) is 18.2 Å². The molecule has 0 radical (unpaired) electrons. The SMILES string of the molecule is O=C=Nc1cc(Cc2ccccc2N=C=O)cc(N=C=O)c1. The average Bonchev–Trinajstić information content (AvgIpc) is 2.50. The second kappa shape index (κ2) is 7.39. The molecule has 0 fully saturated rings. The van der Waals surface area contributed by atoms with Crippen LogP contribution < -0.4 is 0 Å². The summed E-state index contributed by atoms with van der Waals surface area (Å²) in [5.74, 6) is 0. The van der Waals surface area contributed by atoms with E-state index in [9.17, 15) is 14.4 Å². The van der Waals surface area contributed by atoms with Gasteiger partial charge < -0.3 is 0 Å². The number of hydrogen-bond acceptors (Lipinski definition) is 6. The van der Waals surface area contributed by atoms with E-state index >= 15 is 0 Å². The molecule has 0 aromatic heterocycles. The fourth-order valence-corrected chi connectivity index (χ4v) is 2.03. The van der Waals surface area contributed by atoms with E-state index in [2.05, 4.69) is 15.0 Å². The highest BCUT2D eigenvalue weighted by atomic mass is 16.1. The third kappa shape index (κ3) is 3.79. The first-order valence-corrected chi connectivity index (χ1v) is 6.22. The van der Waals surface area contributed by atoms with Crippen molar-refractivity contribution in [2.75, 3.05) is 0 Å². The van der Waals surface area contributed by atoms with Crippen molar-refractivity contribution in [1.29, 1.82) is 0 Å². The Morgan fingerprint density at radius 2 is 1.36 bits per heavy atom. The Kier molecular flexibility index (Phi) is 5.03. The lowest BCUT2D eigenvalue weighted by Gasteiger charge is -2.06. The summed E-state index contributed by atoms with van der Waals surface area (Å²) in [6.07, 6.45) is 4.81. The van der Waals surface area contributed by atoms with Crippen LogP contribution in [-0.4, -0.2) is 18.2 Å². The molecule has 0 amide bonds. The molecule has 0 aliphatic carbocycles. The van der Waals surface area contributed by atoms with Gasteiger partial charge in [0.05, 0.1) is 17.1 Å². The second-order valence-corrected chi connectivity index (χ2v) is 4.27. The molecule has 2 rings (SSSR count). The van der Waals surface area contributed by atoms with Crippen molar-refractivity contribution >= 4 is 35.3 Å². The number of nitrogens with zero attached hydrogens (tertiary/aromatic N) is 3. The number of isocyanates is 3. The molecule has 0 aliphatic heterocycles. The molecule has 106 valence electrons. The molecule has 6 heteroatoms. The number of carbonyl (C=O) groups excluding carboxylic acids is 3. The van der Waals surface area contributed by atoms with Crippen molar-refractivity contribution in [3.05, 3.63) is 53.6 Å². The Bertz CT molecular complexity index is 805. The molecular formula is C16H9N3O3. The first kappa shape index (κ1) is 15.0. The normalized spacial score (nSPS) is 9.09. The van der Waals surface area contributed by atoms with Gasteiger partial charge in [-0.3, -0.25) is 0 Å². The topological polar surface area (TPSA) is 88.3 Å². The fraction of sp³-hybridized carbons (Fsp3) is 0.0625. The summed E-state index contributed by atoms with van der Waals surface area (Å²) in [4.78, 5) is 41.9. The Morgan fingerprint density at radius 1 is 0.773 bits per heavy atom. The van der Waals surface area contributed by atoms with Gasteiger partial charge in [0.2, 0.25) is 18.2 Å². The van der Waals surface area contributed by atoms with Gasteiger partial charge in [-0.15, -0.1) is 0 Å². The molecule has 0 saturated carbocycles. The Balaban J connectivity index is 2.46. The Hall–Kier alpha value is -3.42. The molecule has 6 nitrogen and oxygen atoms in total. The van der Waals surface area contributed by atoms with Gasteiger partial charge in [0.1, 0.15) is 0 Å². The predicted molar refractivity (Wildman–Crippen MR) is 79.0 cm³/mol. The van der Waals surface area contributed by atoms with E-state index in [1.165, 1.54) is 24.3 Å². The van der Waals surface area contributed by atoms with Crippen LogP contribution in [0, 0.1) is 0 Å². The van der Waals surface area contributed by atoms with Crippen molar-refractivity contribution < 1.29 is 14.4 Å². The quantitative estimate of drug-likeness (QED) is 0.626. The first-order chi connectivity index (χ1) is 10.8. The molecule has 0 spiro atoms. The van der Waals surface area contributed by atoms with Crippen molar-refractivity contribution in [2.45, 2.75) is 6.42 Å². The lowest BCUT2D eigenvalue weighted by molar-refractivity contribution is 0.564. The van der Waals surface area contributed by atoms with E-state index in [4.69, 9.17) is 0 Å². The van der Waals surface area contributed by atoms with Gasteiger partial charge >= 0.3 is 0 Å². The van der Waals surface area contributed by atoms with Crippen LogP contribution in [0.1, 0.15) is 11.1 Å². The minimum atomic E-state index is 0.331. The molecule has 0 heterocycles. The molecular weight excluding hydrogens is 282 g/mol. The average molecular weight is 291 g/mol. The summed E-state index contributed by atoms with van der Waals surface area (Å²) in [6.45, 7) is 0. The van der Waals surface area contributed by atoms with E-state index < -0.39 is 0 Å². The minimum absolute atomic E-state index is 0.331. The van der Waals surface area contributed by atoms with Crippen LogP contribution in [-0.2, 0) is 20.8 Å². The second-order valence-electron chi connectivity index (χ2n) is 4.27. The van der Waals surface area contributed by atoms with Gasteiger partial charge in [-0.2, -0.15) is 15.0 Å². The summed E-state index contributed by atoms with van der Waals surface area (Å²) >= 11 is 0. The zero-order valence-electron chi connectivity index (χ0n) is 11.3. The van der Waals surface area contributed by atoms with Crippen LogP contribution in [0.25, 0.3) is 0 Å². The van der Waals surface area contributed by atoms with Crippen LogP contribution in [0.3, 0.4) is 0 Å². The lowest BCUT2D eigenvalue weighted by atomic mass is 10.0. The number of para-hydroxylation sites is 1. The minimum Gasteiger partial charge on any atom is -0.211 e. The van der Waals surface area contributed by atoms with Crippen LogP contribution in [0.2, 0.25) is 0 Å². The molecule has 22 heavy (non-hydrogen) atoms. The highest BCUT2D eigenvalue weighted by Gasteiger charge is 2.05. The summed E-state index contributed by atoms with van der Waals surface area (Å²) in [5.41, 5.74) is 2.70. The number of hydrogen-bond donors (Lipinski definition) is 0. The Morgan fingerprint density at radius 3 is 1.95 bits per heavy atom. The van der Waals surface area contributed by atoms with Crippen molar-refractivity contribution in [3.63, 3.8) is 0 Å². The highest BCUT2D eigenvalue weighted by molar-refractivity contribution is 5.62. The molecule has 0 N–H and O–H groups in total. The zero-order chi connectivity index (χ0) is 15.8. The van der Waals surface area contributed by atoms with Gasteiger partial charge in [-0.25, -0.2) is 14.4 Å². The molecule has 2 aromatic carbocycles. The van der Waals surface area contributed by atoms with E-state index in [1.54, 1.807) is 24.3 Å². The Labute approximate surface area is 125 Å². The maximum absolute atomic E-state index is 10.4. The summed E-state index contributed by atoms with van der Waals surface area (Å²) in [7, 11) is 0. The molecule has 0 atom stereocenters. The standard InChI is InChI=1S/C16H9N3O3/c20-9-17-14-6-12(7-15(8-14)18-10-21)5-13-3-1-2-4-16(13)19-11-22/h1-4,6-8H,5H2. The van der Waals surface area contributed by atoms with Gasteiger partial charge in [0.15, 0.2) is 0 Å². The van der Waals surface area contributed by atoms with Crippen molar-refractivity contribution in [1.82, 2.24) is 0 Å². The molecule has 0 bridgehead atoms. The largest absolute Gasteiger partial charge is 0.240 e.